The summed E-state index contributed by atoms with van der Waals surface area (Å²) in [6.07, 6.45) is 0.559. The molecule has 1 saturated heterocycles. The predicted molar refractivity (Wildman–Crippen MR) is 133 cm³/mol. The fraction of sp³-hybridized carbons (Fsp3) is 0.346. The number of carbonyl (C=O) groups is 3. The number of rotatable bonds is 4. The fourth-order valence-corrected chi connectivity index (χ4v) is 3.86. The van der Waals surface area contributed by atoms with Crippen molar-refractivity contribution < 1.29 is 19.1 Å². The summed E-state index contributed by atoms with van der Waals surface area (Å²) >= 11 is 0. The standard InChI is InChI=1S/C26H30N6O4/c1-26(2,3)36-25(35)31-16-14-19(15-17-31)23(33)28-29-24(34)21-27-22(18-10-6-4-7-11-18)32(30-21)20-12-8-5-9-13-20/h4-13,19H,14-17H2,1-3H3,(H,28,33)(H,29,34). The number of amides is 3. The first-order chi connectivity index (χ1) is 17.2. The van der Waals surface area contributed by atoms with Gasteiger partial charge in [-0.25, -0.2) is 14.5 Å². The second-order valence-electron chi connectivity index (χ2n) is 9.56. The van der Waals surface area contributed by atoms with Crippen molar-refractivity contribution in [3.05, 3.63) is 66.5 Å². The number of ether oxygens (including phenoxy) is 1. The molecular weight excluding hydrogens is 460 g/mol. The van der Waals surface area contributed by atoms with E-state index in [1.165, 1.54) is 0 Å². The van der Waals surface area contributed by atoms with E-state index in [0.717, 1.165) is 11.3 Å². The molecule has 2 N–H and O–H groups in total. The molecule has 0 atom stereocenters. The molecule has 2 heterocycles. The highest BCUT2D eigenvalue weighted by Gasteiger charge is 2.30. The number of hydrogen-bond donors (Lipinski definition) is 2. The average molecular weight is 491 g/mol. The molecule has 10 nitrogen and oxygen atoms in total. The minimum absolute atomic E-state index is 0.0715. The largest absolute Gasteiger partial charge is 0.444 e. The molecule has 10 heteroatoms. The van der Waals surface area contributed by atoms with Crippen molar-refractivity contribution in [3.63, 3.8) is 0 Å². The third kappa shape index (κ3) is 6.07. The lowest BCUT2D eigenvalue weighted by atomic mass is 9.96. The number of aromatic nitrogens is 3. The molecule has 36 heavy (non-hydrogen) atoms. The van der Waals surface area contributed by atoms with Crippen molar-refractivity contribution >= 4 is 17.9 Å². The van der Waals surface area contributed by atoms with Gasteiger partial charge < -0.3 is 9.64 Å². The van der Waals surface area contributed by atoms with E-state index in [9.17, 15) is 14.4 Å². The molecule has 0 radical (unpaired) electrons. The third-order valence-corrected chi connectivity index (χ3v) is 5.66. The molecule has 4 rings (SSSR count). The van der Waals surface area contributed by atoms with Gasteiger partial charge in [-0.3, -0.25) is 20.4 Å². The van der Waals surface area contributed by atoms with Gasteiger partial charge >= 0.3 is 12.0 Å². The van der Waals surface area contributed by atoms with Gasteiger partial charge in [0.1, 0.15) is 5.60 Å². The van der Waals surface area contributed by atoms with Crippen LogP contribution in [-0.4, -0.2) is 56.3 Å². The lowest BCUT2D eigenvalue weighted by Crippen LogP contribution is -2.49. The zero-order valence-electron chi connectivity index (χ0n) is 20.6. The van der Waals surface area contributed by atoms with E-state index in [2.05, 4.69) is 20.9 Å². The highest BCUT2D eigenvalue weighted by molar-refractivity contribution is 5.92. The first kappa shape index (κ1) is 24.9. The van der Waals surface area contributed by atoms with Crippen LogP contribution in [0.2, 0.25) is 0 Å². The van der Waals surface area contributed by atoms with E-state index in [1.807, 2.05) is 81.4 Å². The topological polar surface area (TPSA) is 118 Å². The highest BCUT2D eigenvalue weighted by Crippen LogP contribution is 2.22. The molecule has 3 amide bonds. The summed E-state index contributed by atoms with van der Waals surface area (Å²) in [4.78, 5) is 43.7. The summed E-state index contributed by atoms with van der Waals surface area (Å²) in [5, 5.41) is 4.39. The average Bonchev–Trinajstić information content (AvgIpc) is 3.33. The molecule has 0 saturated carbocycles. The number of para-hydroxylation sites is 1. The van der Waals surface area contributed by atoms with Gasteiger partial charge in [0.05, 0.1) is 5.69 Å². The Morgan fingerprint density at radius 2 is 1.53 bits per heavy atom. The van der Waals surface area contributed by atoms with Crippen LogP contribution < -0.4 is 10.9 Å². The number of likely N-dealkylation sites (tertiary alicyclic amines) is 1. The Morgan fingerprint density at radius 3 is 2.14 bits per heavy atom. The van der Waals surface area contributed by atoms with Crippen LogP contribution in [0.3, 0.4) is 0 Å². The number of carbonyl (C=O) groups excluding carboxylic acids is 3. The Hall–Kier alpha value is -4.21. The lowest BCUT2D eigenvalue weighted by molar-refractivity contribution is -0.127. The molecule has 188 valence electrons. The molecule has 1 fully saturated rings. The first-order valence-electron chi connectivity index (χ1n) is 11.9. The molecule has 0 aliphatic carbocycles. The number of piperidine rings is 1. The number of nitrogens with zero attached hydrogens (tertiary/aromatic N) is 4. The minimum Gasteiger partial charge on any atom is -0.444 e. The first-order valence-corrected chi connectivity index (χ1v) is 11.9. The Morgan fingerprint density at radius 1 is 0.917 bits per heavy atom. The summed E-state index contributed by atoms with van der Waals surface area (Å²) in [6.45, 7) is 6.26. The van der Waals surface area contributed by atoms with Gasteiger partial charge in [-0.2, -0.15) is 0 Å². The molecule has 1 aliphatic heterocycles. The Balaban J connectivity index is 1.38. The van der Waals surface area contributed by atoms with Crippen LogP contribution in [0.5, 0.6) is 0 Å². The Kier molecular flexibility index (Phi) is 7.33. The zero-order chi connectivity index (χ0) is 25.7. The van der Waals surface area contributed by atoms with E-state index in [0.29, 0.717) is 31.8 Å². The maximum absolute atomic E-state index is 12.8. The minimum atomic E-state index is -0.624. The van der Waals surface area contributed by atoms with Crippen LogP contribution in [0.4, 0.5) is 4.79 Å². The molecule has 1 aromatic heterocycles. The van der Waals surface area contributed by atoms with E-state index < -0.39 is 11.5 Å². The quantitative estimate of drug-likeness (QED) is 0.542. The molecular formula is C26H30N6O4. The van der Waals surface area contributed by atoms with E-state index >= 15 is 0 Å². The fourth-order valence-electron chi connectivity index (χ4n) is 3.86. The lowest BCUT2D eigenvalue weighted by Gasteiger charge is -2.32. The van der Waals surface area contributed by atoms with Crippen molar-refractivity contribution in [2.45, 2.75) is 39.2 Å². The van der Waals surface area contributed by atoms with Gasteiger partial charge in [-0.1, -0.05) is 48.5 Å². The van der Waals surface area contributed by atoms with Crippen molar-refractivity contribution in [1.82, 2.24) is 30.5 Å². The number of hydrogen-bond acceptors (Lipinski definition) is 6. The van der Waals surface area contributed by atoms with Crippen molar-refractivity contribution in [2.75, 3.05) is 13.1 Å². The van der Waals surface area contributed by atoms with Crippen LogP contribution in [0.15, 0.2) is 60.7 Å². The summed E-state index contributed by atoms with van der Waals surface area (Å²) in [5.74, 6) is -0.844. The van der Waals surface area contributed by atoms with E-state index in [-0.39, 0.29) is 23.7 Å². The zero-order valence-corrected chi connectivity index (χ0v) is 20.6. The van der Waals surface area contributed by atoms with Crippen LogP contribution in [0, 0.1) is 5.92 Å². The number of nitrogens with one attached hydrogen (secondary N) is 2. The van der Waals surface area contributed by atoms with Gasteiger partial charge in [0.15, 0.2) is 5.82 Å². The van der Waals surface area contributed by atoms with Crippen molar-refractivity contribution in [3.8, 4) is 17.1 Å². The second kappa shape index (κ2) is 10.6. The molecule has 1 aliphatic rings. The Bertz CT molecular complexity index is 1160. The van der Waals surface area contributed by atoms with Crippen LogP contribution in [-0.2, 0) is 9.53 Å². The summed E-state index contributed by atoms with van der Waals surface area (Å²) < 4.78 is 6.99. The van der Waals surface area contributed by atoms with E-state index in [1.54, 1.807) is 9.58 Å². The molecule has 0 unspecified atom stereocenters. The predicted octanol–water partition coefficient (Wildman–Crippen LogP) is 3.34. The summed E-state index contributed by atoms with van der Waals surface area (Å²) in [7, 11) is 0. The molecule has 3 aromatic rings. The maximum Gasteiger partial charge on any atom is 0.410 e. The normalized spacial score (nSPS) is 14.2. The van der Waals surface area contributed by atoms with E-state index in [4.69, 9.17) is 4.74 Å². The highest BCUT2D eigenvalue weighted by atomic mass is 16.6. The van der Waals surface area contributed by atoms with Crippen LogP contribution >= 0.6 is 0 Å². The van der Waals surface area contributed by atoms with Gasteiger partial charge in [0.25, 0.3) is 0 Å². The summed E-state index contributed by atoms with van der Waals surface area (Å²) in [6, 6.07) is 18.8. The van der Waals surface area contributed by atoms with Gasteiger partial charge in [0.2, 0.25) is 11.7 Å². The van der Waals surface area contributed by atoms with Gasteiger partial charge in [-0.15, -0.1) is 5.10 Å². The van der Waals surface area contributed by atoms with Crippen molar-refractivity contribution in [1.29, 1.82) is 0 Å². The summed E-state index contributed by atoms with van der Waals surface area (Å²) in [5.41, 5.74) is 5.88. The molecule has 2 aromatic carbocycles. The van der Waals surface area contributed by atoms with Crippen LogP contribution in [0.1, 0.15) is 44.2 Å². The maximum atomic E-state index is 12.8. The molecule has 0 bridgehead atoms. The third-order valence-electron chi connectivity index (χ3n) is 5.66. The monoisotopic (exact) mass is 490 g/mol. The van der Waals surface area contributed by atoms with Gasteiger partial charge in [-0.05, 0) is 45.7 Å². The SMILES string of the molecule is CC(C)(C)OC(=O)N1CCC(C(=O)NNC(=O)c2nc(-c3ccccc3)n(-c3ccccc3)n2)CC1. The molecule has 0 spiro atoms. The van der Waals surface area contributed by atoms with Gasteiger partial charge in [0, 0.05) is 24.6 Å². The Labute approximate surface area is 209 Å². The smallest absolute Gasteiger partial charge is 0.410 e. The van der Waals surface area contributed by atoms with Crippen LogP contribution in [0.25, 0.3) is 17.1 Å². The number of benzene rings is 2. The van der Waals surface area contributed by atoms with Crippen molar-refractivity contribution in [2.24, 2.45) is 5.92 Å². The second-order valence-corrected chi connectivity index (χ2v) is 9.56. The number of hydrazine groups is 1.